The summed E-state index contributed by atoms with van der Waals surface area (Å²) in [6.07, 6.45) is 2.19. The highest BCUT2D eigenvalue weighted by atomic mass is 16.2. The fourth-order valence-corrected chi connectivity index (χ4v) is 0.716. The van der Waals surface area contributed by atoms with Gasteiger partial charge in [-0.15, -0.1) is 0 Å². The van der Waals surface area contributed by atoms with E-state index in [0.717, 1.165) is 25.9 Å². The van der Waals surface area contributed by atoms with Crippen molar-refractivity contribution in [2.45, 2.75) is 26.7 Å². The molecule has 1 rings (SSSR count). The van der Waals surface area contributed by atoms with E-state index in [0.29, 0.717) is 0 Å². The molecule has 0 radical (unpaired) electrons. The molecule has 3 heteroatoms. The lowest BCUT2D eigenvalue weighted by molar-refractivity contribution is 0.243. The van der Waals surface area contributed by atoms with E-state index in [1.54, 1.807) is 0 Å². The fraction of sp³-hybridized carbons (Fsp3) is 0.857. The zero-order chi connectivity index (χ0) is 7.82. The van der Waals surface area contributed by atoms with Crippen LogP contribution in [0.3, 0.4) is 0 Å². The molecule has 2 amide bonds. The molecule has 1 aliphatic rings. The molecule has 0 aromatic rings. The summed E-state index contributed by atoms with van der Waals surface area (Å²) < 4.78 is 0. The molecule has 0 saturated carbocycles. The Kier molecular flexibility index (Phi) is 5.92. The van der Waals surface area contributed by atoms with Gasteiger partial charge in [-0.1, -0.05) is 13.8 Å². The molecule has 0 bridgehead atoms. The summed E-state index contributed by atoms with van der Waals surface area (Å²) in [4.78, 5) is 10.5. The molecule has 1 saturated heterocycles. The normalized spacial score (nSPS) is 17.2. The molecule has 1 heterocycles. The van der Waals surface area contributed by atoms with Crippen molar-refractivity contribution in [3.05, 3.63) is 0 Å². The quantitative estimate of drug-likeness (QED) is 0.525. The Hall–Kier alpha value is -0.730. The Morgan fingerprint density at radius 3 is 1.90 bits per heavy atom. The minimum atomic E-state index is -0.0255. The number of urea groups is 1. The van der Waals surface area contributed by atoms with E-state index in [1.165, 1.54) is 0 Å². The largest absolute Gasteiger partial charge is 0.338 e. The molecule has 60 valence electrons. The molecule has 2 N–H and O–H groups in total. The minimum absolute atomic E-state index is 0.0255. The predicted molar refractivity (Wildman–Crippen MR) is 42.0 cm³/mol. The molecule has 0 atom stereocenters. The maximum absolute atomic E-state index is 10.5. The number of rotatable bonds is 0. The van der Waals surface area contributed by atoms with E-state index in [1.807, 2.05) is 13.8 Å². The first kappa shape index (κ1) is 9.27. The highest BCUT2D eigenvalue weighted by Crippen LogP contribution is 1.87. The summed E-state index contributed by atoms with van der Waals surface area (Å²) in [5.74, 6) is 0. The molecule has 1 aliphatic heterocycles. The van der Waals surface area contributed by atoms with Crippen LogP contribution in [-0.4, -0.2) is 19.1 Å². The van der Waals surface area contributed by atoms with E-state index in [4.69, 9.17) is 0 Å². The van der Waals surface area contributed by atoms with Crippen LogP contribution in [0.4, 0.5) is 4.79 Å². The minimum Gasteiger partial charge on any atom is -0.338 e. The van der Waals surface area contributed by atoms with Crippen LogP contribution >= 0.6 is 0 Å². The monoisotopic (exact) mass is 144 g/mol. The van der Waals surface area contributed by atoms with Crippen molar-refractivity contribution in [2.75, 3.05) is 13.1 Å². The maximum atomic E-state index is 10.5. The van der Waals surface area contributed by atoms with Gasteiger partial charge in [-0.3, -0.25) is 0 Å². The van der Waals surface area contributed by atoms with Gasteiger partial charge in [-0.25, -0.2) is 4.79 Å². The van der Waals surface area contributed by atoms with E-state index in [-0.39, 0.29) is 6.03 Å². The van der Waals surface area contributed by atoms with E-state index in [2.05, 4.69) is 10.6 Å². The summed E-state index contributed by atoms with van der Waals surface area (Å²) in [6, 6.07) is -0.0255. The van der Waals surface area contributed by atoms with Gasteiger partial charge in [0.05, 0.1) is 0 Å². The third kappa shape index (κ3) is 4.18. The van der Waals surface area contributed by atoms with Crippen LogP contribution in [0.15, 0.2) is 0 Å². The number of carbonyl (C=O) groups excluding carboxylic acids is 1. The summed E-state index contributed by atoms with van der Waals surface area (Å²) >= 11 is 0. The van der Waals surface area contributed by atoms with Gasteiger partial charge >= 0.3 is 6.03 Å². The second-order valence-electron chi connectivity index (χ2n) is 1.89. The van der Waals surface area contributed by atoms with E-state index < -0.39 is 0 Å². The third-order valence-electron chi connectivity index (χ3n) is 1.17. The van der Waals surface area contributed by atoms with Crippen LogP contribution in [0.1, 0.15) is 26.7 Å². The van der Waals surface area contributed by atoms with Crippen molar-refractivity contribution in [1.82, 2.24) is 10.6 Å². The van der Waals surface area contributed by atoms with E-state index >= 15 is 0 Å². The van der Waals surface area contributed by atoms with Gasteiger partial charge in [0.15, 0.2) is 0 Å². The molecule has 0 spiro atoms. The summed E-state index contributed by atoms with van der Waals surface area (Å²) in [7, 11) is 0. The van der Waals surface area contributed by atoms with Crippen molar-refractivity contribution >= 4 is 6.03 Å². The zero-order valence-corrected chi connectivity index (χ0v) is 6.74. The lowest BCUT2D eigenvalue weighted by Crippen LogP contribution is -2.32. The molecule has 3 nitrogen and oxygen atoms in total. The third-order valence-corrected chi connectivity index (χ3v) is 1.17. The number of amides is 2. The topological polar surface area (TPSA) is 41.1 Å². The average Bonchev–Trinajstić information content (AvgIpc) is 2.21. The Labute approximate surface area is 62.2 Å². The van der Waals surface area contributed by atoms with Gasteiger partial charge in [0, 0.05) is 13.1 Å². The molecular weight excluding hydrogens is 128 g/mol. The molecule has 0 aromatic carbocycles. The Morgan fingerprint density at radius 2 is 1.50 bits per heavy atom. The number of hydrogen-bond acceptors (Lipinski definition) is 1. The molecule has 0 aromatic heterocycles. The Bertz CT molecular complexity index is 83.6. The highest BCUT2D eigenvalue weighted by molar-refractivity contribution is 5.73. The summed E-state index contributed by atoms with van der Waals surface area (Å²) in [6.45, 7) is 5.65. The van der Waals surface area contributed by atoms with Crippen LogP contribution < -0.4 is 10.6 Å². The number of hydrogen-bond donors (Lipinski definition) is 2. The number of nitrogens with one attached hydrogen (secondary N) is 2. The first-order valence-corrected chi connectivity index (χ1v) is 3.91. The van der Waals surface area contributed by atoms with Crippen LogP contribution in [0.2, 0.25) is 0 Å². The Balaban J connectivity index is 0.000000371. The second kappa shape index (κ2) is 6.39. The van der Waals surface area contributed by atoms with Gasteiger partial charge in [-0.05, 0) is 12.8 Å². The molecule has 10 heavy (non-hydrogen) atoms. The molecule has 0 aliphatic carbocycles. The van der Waals surface area contributed by atoms with Crippen LogP contribution in [-0.2, 0) is 0 Å². The fourth-order valence-electron chi connectivity index (χ4n) is 0.716. The van der Waals surface area contributed by atoms with Gasteiger partial charge in [0.25, 0.3) is 0 Å². The standard InChI is InChI=1S/C5H10N2O.C2H6/c8-5-6-3-1-2-4-7-5;1-2/h1-4H2,(H2,6,7,8);1-2H3. The van der Waals surface area contributed by atoms with Crippen molar-refractivity contribution < 1.29 is 4.79 Å². The first-order chi connectivity index (χ1) is 4.89. The van der Waals surface area contributed by atoms with Crippen molar-refractivity contribution in [3.63, 3.8) is 0 Å². The van der Waals surface area contributed by atoms with Crippen LogP contribution in [0.25, 0.3) is 0 Å². The lowest BCUT2D eigenvalue weighted by atomic mass is 10.3. The second-order valence-corrected chi connectivity index (χ2v) is 1.89. The van der Waals surface area contributed by atoms with Crippen molar-refractivity contribution in [1.29, 1.82) is 0 Å². The van der Waals surface area contributed by atoms with Gasteiger partial charge < -0.3 is 10.6 Å². The summed E-state index contributed by atoms with van der Waals surface area (Å²) in [5.41, 5.74) is 0. The average molecular weight is 144 g/mol. The molecular formula is C7H16N2O. The highest BCUT2D eigenvalue weighted by Gasteiger charge is 2.01. The van der Waals surface area contributed by atoms with Gasteiger partial charge in [0.2, 0.25) is 0 Å². The van der Waals surface area contributed by atoms with Crippen LogP contribution in [0.5, 0.6) is 0 Å². The van der Waals surface area contributed by atoms with E-state index in [9.17, 15) is 4.79 Å². The first-order valence-electron chi connectivity index (χ1n) is 3.91. The predicted octanol–water partition coefficient (Wildman–Crippen LogP) is 1.11. The number of carbonyl (C=O) groups is 1. The maximum Gasteiger partial charge on any atom is 0.314 e. The Morgan fingerprint density at radius 1 is 1.10 bits per heavy atom. The summed E-state index contributed by atoms with van der Waals surface area (Å²) in [5, 5.41) is 5.39. The van der Waals surface area contributed by atoms with Gasteiger partial charge in [0.1, 0.15) is 0 Å². The van der Waals surface area contributed by atoms with Crippen molar-refractivity contribution in [3.8, 4) is 0 Å². The smallest absolute Gasteiger partial charge is 0.314 e. The lowest BCUT2D eigenvalue weighted by Gasteiger charge is -1.96. The zero-order valence-electron chi connectivity index (χ0n) is 6.74. The van der Waals surface area contributed by atoms with Crippen molar-refractivity contribution in [2.24, 2.45) is 0 Å². The molecule has 0 unspecified atom stereocenters. The SMILES string of the molecule is CC.O=C1NCCCCN1. The van der Waals surface area contributed by atoms with Crippen LogP contribution in [0, 0.1) is 0 Å². The van der Waals surface area contributed by atoms with Gasteiger partial charge in [-0.2, -0.15) is 0 Å². The molecule has 1 fully saturated rings.